The number of rotatable bonds is 0. The Balaban J connectivity index is 2.23. The van der Waals surface area contributed by atoms with Crippen LogP contribution < -0.4 is 4.74 Å². The summed E-state index contributed by atoms with van der Waals surface area (Å²) in [5, 5.41) is 0. The summed E-state index contributed by atoms with van der Waals surface area (Å²) in [5.41, 5.74) is 2.88. The van der Waals surface area contributed by atoms with Gasteiger partial charge in [0, 0.05) is 17.5 Å². The highest BCUT2D eigenvalue weighted by molar-refractivity contribution is 9.10. The zero-order valence-electron chi connectivity index (χ0n) is 9.54. The molecule has 0 radical (unpaired) electrons. The largest absolute Gasteiger partial charge is 0.457 e. The van der Waals surface area contributed by atoms with E-state index in [-0.39, 0.29) is 5.82 Å². The maximum atomic E-state index is 13.6. The average molecular weight is 305 g/mol. The Morgan fingerprint density at radius 2 is 1.94 bits per heavy atom. The van der Waals surface area contributed by atoms with Crippen molar-refractivity contribution >= 4 is 21.7 Å². The van der Waals surface area contributed by atoms with E-state index in [0.29, 0.717) is 22.4 Å². The van der Waals surface area contributed by atoms with Crippen molar-refractivity contribution < 1.29 is 9.13 Å². The number of halogens is 2. The van der Waals surface area contributed by atoms with Crippen molar-refractivity contribution in [2.45, 2.75) is 6.42 Å². The molecule has 0 saturated heterocycles. The zero-order chi connectivity index (χ0) is 12.7. The van der Waals surface area contributed by atoms with Crippen LogP contribution in [0.5, 0.6) is 5.75 Å². The van der Waals surface area contributed by atoms with Crippen LogP contribution in [-0.4, -0.2) is 0 Å². The highest BCUT2D eigenvalue weighted by atomic mass is 79.9. The van der Waals surface area contributed by atoms with Gasteiger partial charge in [0.2, 0.25) is 0 Å². The normalized spacial score (nSPS) is 13.3. The van der Waals surface area contributed by atoms with Gasteiger partial charge < -0.3 is 4.74 Å². The first kappa shape index (κ1) is 11.5. The van der Waals surface area contributed by atoms with Crippen LogP contribution >= 0.6 is 15.9 Å². The Bertz CT molecular complexity index is 649. The summed E-state index contributed by atoms with van der Waals surface area (Å²) in [6, 6.07) is 10.9. The van der Waals surface area contributed by atoms with E-state index in [2.05, 4.69) is 22.5 Å². The second kappa shape index (κ2) is 4.25. The van der Waals surface area contributed by atoms with Gasteiger partial charge in [0.05, 0.1) is 4.47 Å². The van der Waals surface area contributed by atoms with E-state index in [4.69, 9.17) is 4.74 Å². The molecule has 0 unspecified atom stereocenters. The van der Waals surface area contributed by atoms with E-state index < -0.39 is 0 Å². The molecule has 0 spiro atoms. The molecule has 1 nitrogen and oxygen atoms in total. The SMILES string of the molecule is C=C1Oc2ccc(F)c(Br)c2Cc2ccccc21. The summed E-state index contributed by atoms with van der Waals surface area (Å²) in [5.74, 6) is 0.981. The quantitative estimate of drug-likeness (QED) is 0.694. The molecule has 3 rings (SSSR count). The fourth-order valence-electron chi connectivity index (χ4n) is 2.16. The lowest BCUT2D eigenvalue weighted by Gasteiger charge is -2.09. The van der Waals surface area contributed by atoms with E-state index in [1.807, 2.05) is 24.3 Å². The maximum Gasteiger partial charge on any atom is 0.137 e. The number of fused-ring (bicyclic) bond motifs is 2. The minimum Gasteiger partial charge on any atom is -0.457 e. The standard InChI is InChI=1S/C15H10BrFO/c1-9-11-5-3-2-4-10(11)8-12-14(18-9)7-6-13(17)15(12)16/h2-7H,1,8H2. The highest BCUT2D eigenvalue weighted by Crippen LogP contribution is 2.37. The average Bonchev–Trinajstić information content (AvgIpc) is 2.52. The number of benzene rings is 2. The Hall–Kier alpha value is -1.61. The van der Waals surface area contributed by atoms with Gasteiger partial charge in [0.15, 0.2) is 0 Å². The van der Waals surface area contributed by atoms with Crippen LogP contribution in [-0.2, 0) is 6.42 Å². The van der Waals surface area contributed by atoms with Crippen LogP contribution in [0.3, 0.4) is 0 Å². The van der Waals surface area contributed by atoms with Crippen molar-refractivity contribution in [1.82, 2.24) is 0 Å². The number of ether oxygens (including phenoxy) is 1. The molecule has 0 aliphatic carbocycles. The third-order valence-electron chi connectivity index (χ3n) is 3.07. The van der Waals surface area contributed by atoms with E-state index in [9.17, 15) is 4.39 Å². The molecule has 0 aromatic heterocycles. The van der Waals surface area contributed by atoms with Gasteiger partial charge in [-0.05, 0) is 33.6 Å². The van der Waals surface area contributed by atoms with Crippen LogP contribution in [0.2, 0.25) is 0 Å². The minimum absolute atomic E-state index is 0.276. The smallest absolute Gasteiger partial charge is 0.137 e. The molecule has 2 aromatic carbocycles. The first-order valence-corrected chi connectivity index (χ1v) is 6.38. The molecule has 3 heteroatoms. The Morgan fingerprint density at radius 1 is 1.17 bits per heavy atom. The van der Waals surface area contributed by atoms with Gasteiger partial charge in [-0.15, -0.1) is 0 Å². The molecule has 1 heterocycles. The summed E-state index contributed by atoms with van der Waals surface area (Å²) in [6.07, 6.45) is 0.628. The molecule has 90 valence electrons. The Kier molecular flexibility index (Phi) is 2.71. The highest BCUT2D eigenvalue weighted by Gasteiger charge is 2.20. The van der Waals surface area contributed by atoms with Crippen molar-refractivity contribution in [2.75, 3.05) is 0 Å². The van der Waals surface area contributed by atoms with Crippen molar-refractivity contribution in [3.63, 3.8) is 0 Å². The number of hydrogen-bond donors (Lipinski definition) is 0. The molecule has 0 fully saturated rings. The van der Waals surface area contributed by atoms with Gasteiger partial charge in [-0.3, -0.25) is 0 Å². The van der Waals surface area contributed by atoms with Gasteiger partial charge in [0.1, 0.15) is 17.3 Å². The van der Waals surface area contributed by atoms with E-state index in [1.54, 1.807) is 6.07 Å². The summed E-state index contributed by atoms with van der Waals surface area (Å²) in [7, 11) is 0. The third kappa shape index (κ3) is 1.75. The molecule has 2 aromatic rings. The van der Waals surface area contributed by atoms with Crippen LogP contribution in [0.1, 0.15) is 16.7 Å². The summed E-state index contributed by atoms with van der Waals surface area (Å²) in [4.78, 5) is 0. The fraction of sp³-hybridized carbons (Fsp3) is 0.0667. The van der Waals surface area contributed by atoms with Crippen molar-refractivity contribution in [1.29, 1.82) is 0 Å². The monoisotopic (exact) mass is 304 g/mol. The second-order valence-corrected chi connectivity index (χ2v) is 4.99. The molecule has 0 atom stereocenters. The fourth-order valence-corrected chi connectivity index (χ4v) is 2.63. The predicted octanol–water partition coefficient (Wildman–Crippen LogP) is 4.54. The molecular formula is C15H10BrFO. The van der Waals surface area contributed by atoms with Gasteiger partial charge in [-0.25, -0.2) is 4.39 Å². The first-order valence-electron chi connectivity index (χ1n) is 5.58. The van der Waals surface area contributed by atoms with Crippen LogP contribution in [0, 0.1) is 5.82 Å². The van der Waals surface area contributed by atoms with Gasteiger partial charge in [0.25, 0.3) is 0 Å². The lowest BCUT2D eigenvalue weighted by molar-refractivity contribution is 0.510. The van der Waals surface area contributed by atoms with Crippen molar-refractivity contribution in [3.8, 4) is 5.75 Å². The molecule has 0 bridgehead atoms. The Labute approximate surface area is 113 Å². The zero-order valence-corrected chi connectivity index (χ0v) is 11.1. The summed E-state index contributed by atoms with van der Waals surface area (Å²) < 4.78 is 19.8. The molecule has 0 amide bonds. The Morgan fingerprint density at radius 3 is 2.78 bits per heavy atom. The molecule has 0 N–H and O–H groups in total. The first-order chi connectivity index (χ1) is 8.66. The molecule has 0 saturated carbocycles. The van der Waals surface area contributed by atoms with Crippen LogP contribution in [0.25, 0.3) is 5.76 Å². The lowest BCUT2D eigenvalue weighted by Crippen LogP contribution is -1.94. The van der Waals surface area contributed by atoms with Gasteiger partial charge in [-0.1, -0.05) is 30.8 Å². The van der Waals surface area contributed by atoms with Gasteiger partial charge >= 0.3 is 0 Å². The minimum atomic E-state index is -0.276. The van der Waals surface area contributed by atoms with Crippen molar-refractivity contribution in [3.05, 3.63) is 70.0 Å². The molecule has 18 heavy (non-hydrogen) atoms. The topological polar surface area (TPSA) is 9.23 Å². The van der Waals surface area contributed by atoms with Crippen molar-refractivity contribution in [2.24, 2.45) is 0 Å². The summed E-state index contributed by atoms with van der Waals surface area (Å²) >= 11 is 3.29. The van der Waals surface area contributed by atoms with Gasteiger partial charge in [-0.2, -0.15) is 0 Å². The maximum absolute atomic E-state index is 13.6. The molecule has 1 aliphatic rings. The number of hydrogen-bond acceptors (Lipinski definition) is 1. The predicted molar refractivity (Wildman–Crippen MR) is 73.0 cm³/mol. The van der Waals surface area contributed by atoms with Crippen LogP contribution in [0.15, 0.2) is 47.4 Å². The van der Waals surface area contributed by atoms with Crippen LogP contribution in [0.4, 0.5) is 4.39 Å². The lowest BCUT2D eigenvalue weighted by atomic mass is 10.00. The van der Waals surface area contributed by atoms with E-state index >= 15 is 0 Å². The van der Waals surface area contributed by atoms with E-state index in [1.165, 1.54) is 6.07 Å². The molecular weight excluding hydrogens is 295 g/mol. The summed E-state index contributed by atoms with van der Waals surface area (Å²) in [6.45, 7) is 3.94. The van der Waals surface area contributed by atoms with E-state index in [0.717, 1.165) is 16.7 Å². The second-order valence-electron chi connectivity index (χ2n) is 4.20. The third-order valence-corrected chi connectivity index (χ3v) is 3.93. The molecule has 1 aliphatic heterocycles.